The lowest BCUT2D eigenvalue weighted by atomic mass is 10.1. The highest BCUT2D eigenvalue weighted by molar-refractivity contribution is 5.84. The number of anilines is 1. The van der Waals surface area contributed by atoms with Crippen LogP contribution in [0, 0.1) is 5.82 Å². The molecule has 2 aromatic carbocycles. The molecule has 26 heavy (non-hydrogen) atoms. The standard InChI is InChI=1S/C19H21FN2O4/c1-26-17-8-6-16(7-9-17)22(13-19(24)25)12-18(23)21-11-10-14-2-4-15(20)5-3-14/h2-9H,10-13H2,1H3,(H,21,23)(H,24,25). The number of nitrogens with one attached hydrogen (secondary N) is 1. The molecule has 0 radical (unpaired) electrons. The van der Waals surface area contributed by atoms with E-state index in [0.717, 1.165) is 5.56 Å². The zero-order valence-corrected chi connectivity index (χ0v) is 14.4. The van der Waals surface area contributed by atoms with Gasteiger partial charge in [0.05, 0.1) is 13.7 Å². The number of benzene rings is 2. The maximum atomic E-state index is 12.9. The first-order valence-electron chi connectivity index (χ1n) is 8.10. The number of carbonyl (C=O) groups excluding carboxylic acids is 1. The van der Waals surface area contributed by atoms with Crippen molar-refractivity contribution in [3.8, 4) is 5.75 Å². The van der Waals surface area contributed by atoms with Crippen molar-refractivity contribution >= 4 is 17.6 Å². The molecule has 0 aliphatic rings. The molecule has 6 nitrogen and oxygen atoms in total. The van der Waals surface area contributed by atoms with E-state index in [4.69, 9.17) is 9.84 Å². The highest BCUT2D eigenvalue weighted by Crippen LogP contribution is 2.18. The summed E-state index contributed by atoms with van der Waals surface area (Å²) in [6.45, 7) is 0.00769. The number of carboxylic acid groups (broad SMARTS) is 1. The van der Waals surface area contributed by atoms with E-state index in [9.17, 15) is 14.0 Å². The van der Waals surface area contributed by atoms with Gasteiger partial charge in [-0.15, -0.1) is 0 Å². The van der Waals surface area contributed by atoms with Crippen molar-refractivity contribution in [3.05, 3.63) is 59.9 Å². The predicted octanol–water partition coefficient (Wildman–Crippen LogP) is 2.08. The van der Waals surface area contributed by atoms with Crippen LogP contribution in [-0.2, 0) is 16.0 Å². The molecule has 0 aliphatic heterocycles. The summed E-state index contributed by atoms with van der Waals surface area (Å²) < 4.78 is 17.9. The van der Waals surface area contributed by atoms with Gasteiger partial charge in [0.25, 0.3) is 0 Å². The maximum absolute atomic E-state index is 12.9. The summed E-state index contributed by atoms with van der Waals surface area (Å²) in [6.07, 6.45) is 0.563. The topological polar surface area (TPSA) is 78.9 Å². The Balaban J connectivity index is 1.90. The van der Waals surface area contributed by atoms with Gasteiger partial charge in [-0.1, -0.05) is 12.1 Å². The van der Waals surface area contributed by atoms with Crippen LogP contribution in [0.1, 0.15) is 5.56 Å². The van der Waals surface area contributed by atoms with E-state index >= 15 is 0 Å². The lowest BCUT2D eigenvalue weighted by Crippen LogP contribution is -2.40. The van der Waals surface area contributed by atoms with Gasteiger partial charge in [-0.25, -0.2) is 4.39 Å². The summed E-state index contributed by atoms with van der Waals surface area (Å²) in [5, 5.41) is 11.8. The van der Waals surface area contributed by atoms with Crippen LogP contribution in [0.2, 0.25) is 0 Å². The monoisotopic (exact) mass is 360 g/mol. The predicted molar refractivity (Wildman–Crippen MR) is 96.0 cm³/mol. The van der Waals surface area contributed by atoms with Crippen LogP contribution in [0.4, 0.5) is 10.1 Å². The molecular weight excluding hydrogens is 339 g/mol. The highest BCUT2D eigenvalue weighted by atomic mass is 19.1. The number of hydrogen-bond acceptors (Lipinski definition) is 4. The van der Waals surface area contributed by atoms with Crippen molar-refractivity contribution in [2.75, 3.05) is 31.6 Å². The normalized spacial score (nSPS) is 10.2. The number of nitrogens with zero attached hydrogens (tertiary/aromatic N) is 1. The largest absolute Gasteiger partial charge is 0.497 e. The third-order valence-corrected chi connectivity index (χ3v) is 3.75. The Morgan fingerprint density at radius 1 is 1.08 bits per heavy atom. The third kappa shape index (κ3) is 6.08. The number of amides is 1. The summed E-state index contributed by atoms with van der Waals surface area (Å²) >= 11 is 0. The molecule has 0 unspecified atom stereocenters. The van der Waals surface area contributed by atoms with E-state index in [2.05, 4.69) is 5.32 Å². The molecule has 0 aliphatic carbocycles. The van der Waals surface area contributed by atoms with E-state index in [1.54, 1.807) is 43.5 Å². The minimum absolute atomic E-state index is 0.0813. The van der Waals surface area contributed by atoms with Crippen molar-refractivity contribution in [3.63, 3.8) is 0 Å². The molecule has 0 spiro atoms. The average molecular weight is 360 g/mol. The first-order valence-corrected chi connectivity index (χ1v) is 8.10. The molecule has 2 aromatic rings. The Labute approximate surface area is 151 Å². The second kappa shape index (κ2) is 9.41. The molecule has 0 saturated carbocycles. The van der Waals surface area contributed by atoms with Crippen LogP contribution in [-0.4, -0.2) is 43.7 Å². The third-order valence-electron chi connectivity index (χ3n) is 3.75. The lowest BCUT2D eigenvalue weighted by Gasteiger charge is -2.22. The van der Waals surface area contributed by atoms with Crippen LogP contribution < -0.4 is 15.0 Å². The van der Waals surface area contributed by atoms with Crippen molar-refractivity contribution in [2.24, 2.45) is 0 Å². The number of halogens is 1. The number of rotatable bonds is 9. The SMILES string of the molecule is COc1ccc(N(CC(=O)O)CC(=O)NCCc2ccc(F)cc2)cc1. The van der Waals surface area contributed by atoms with Crippen LogP contribution in [0.3, 0.4) is 0 Å². The second-order valence-corrected chi connectivity index (χ2v) is 5.67. The van der Waals surface area contributed by atoms with Crippen LogP contribution >= 0.6 is 0 Å². The fourth-order valence-electron chi connectivity index (χ4n) is 2.42. The number of methoxy groups -OCH3 is 1. The highest BCUT2D eigenvalue weighted by Gasteiger charge is 2.15. The van der Waals surface area contributed by atoms with Crippen LogP contribution in [0.15, 0.2) is 48.5 Å². The van der Waals surface area contributed by atoms with E-state index in [1.165, 1.54) is 17.0 Å². The summed E-state index contributed by atoms with van der Waals surface area (Å²) in [4.78, 5) is 24.7. The molecule has 7 heteroatoms. The van der Waals surface area contributed by atoms with Crippen molar-refractivity contribution in [1.29, 1.82) is 0 Å². The molecule has 1 amide bonds. The fourth-order valence-corrected chi connectivity index (χ4v) is 2.42. The second-order valence-electron chi connectivity index (χ2n) is 5.67. The molecule has 138 valence electrons. The number of carboxylic acids is 1. The number of carbonyl (C=O) groups is 2. The zero-order chi connectivity index (χ0) is 18.9. The van der Waals surface area contributed by atoms with Crippen molar-refractivity contribution < 1.29 is 23.8 Å². The Kier molecular flexibility index (Phi) is 6.96. The first kappa shape index (κ1) is 19.2. The summed E-state index contributed by atoms with van der Waals surface area (Å²) in [5.74, 6) is -0.974. The van der Waals surface area contributed by atoms with Gasteiger partial charge >= 0.3 is 5.97 Å². The molecule has 0 fully saturated rings. The maximum Gasteiger partial charge on any atom is 0.323 e. The fraction of sp³-hybridized carbons (Fsp3) is 0.263. The molecule has 0 saturated heterocycles. The molecule has 0 bridgehead atoms. The van der Waals surface area contributed by atoms with Gasteiger partial charge in [0.15, 0.2) is 0 Å². The summed E-state index contributed by atoms with van der Waals surface area (Å²) in [6, 6.07) is 12.9. The quantitative estimate of drug-likeness (QED) is 0.716. The molecule has 0 aromatic heterocycles. The summed E-state index contributed by atoms with van der Waals surface area (Å²) in [7, 11) is 1.54. The Hall–Kier alpha value is -3.09. The Morgan fingerprint density at radius 3 is 2.31 bits per heavy atom. The number of hydrogen-bond donors (Lipinski definition) is 2. The first-order chi connectivity index (χ1) is 12.5. The van der Waals surface area contributed by atoms with Gasteiger partial charge < -0.3 is 20.1 Å². The zero-order valence-electron chi connectivity index (χ0n) is 14.4. The number of aliphatic carboxylic acids is 1. The summed E-state index contributed by atoms with van der Waals surface area (Å²) in [5.41, 5.74) is 1.52. The molecule has 2 N–H and O–H groups in total. The van der Waals surface area contributed by atoms with E-state index in [-0.39, 0.29) is 24.8 Å². The van der Waals surface area contributed by atoms with E-state index in [0.29, 0.717) is 24.4 Å². The molecule has 0 heterocycles. The Morgan fingerprint density at radius 2 is 1.73 bits per heavy atom. The average Bonchev–Trinajstić information content (AvgIpc) is 2.62. The molecule has 2 rings (SSSR count). The van der Waals surface area contributed by atoms with Gasteiger partial charge in [-0.3, -0.25) is 9.59 Å². The smallest absolute Gasteiger partial charge is 0.323 e. The van der Waals surface area contributed by atoms with Gasteiger partial charge in [0.1, 0.15) is 18.1 Å². The lowest BCUT2D eigenvalue weighted by molar-refractivity contribution is -0.135. The van der Waals surface area contributed by atoms with Crippen LogP contribution in [0.25, 0.3) is 0 Å². The molecular formula is C19H21FN2O4. The van der Waals surface area contributed by atoms with E-state index < -0.39 is 5.97 Å². The van der Waals surface area contributed by atoms with Crippen LogP contribution in [0.5, 0.6) is 5.75 Å². The molecule has 0 atom stereocenters. The van der Waals surface area contributed by atoms with Gasteiger partial charge in [0, 0.05) is 12.2 Å². The minimum atomic E-state index is -1.03. The van der Waals surface area contributed by atoms with Gasteiger partial charge in [-0.05, 0) is 48.4 Å². The van der Waals surface area contributed by atoms with E-state index in [1.807, 2.05) is 0 Å². The van der Waals surface area contributed by atoms with Crippen molar-refractivity contribution in [2.45, 2.75) is 6.42 Å². The van der Waals surface area contributed by atoms with Gasteiger partial charge in [-0.2, -0.15) is 0 Å². The number of ether oxygens (including phenoxy) is 1. The Bertz CT molecular complexity index is 732. The van der Waals surface area contributed by atoms with Gasteiger partial charge in [0.2, 0.25) is 5.91 Å². The van der Waals surface area contributed by atoms with Crippen molar-refractivity contribution in [1.82, 2.24) is 5.32 Å². The minimum Gasteiger partial charge on any atom is -0.497 e.